The van der Waals surface area contributed by atoms with Gasteiger partial charge in [0.1, 0.15) is 6.04 Å². The summed E-state index contributed by atoms with van der Waals surface area (Å²) in [7, 11) is -2.93. The fourth-order valence-electron chi connectivity index (χ4n) is 4.57. The zero-order valence-electron chi connectivity index (χ0n) is 20.5. The van der Waals surface area contributed by atoms with Gasteiger partial charge in [-0.15, -0.1) is 0 Å². The molecule has 0 spiro atoms. The lowest BCUT2D eigenvalue weighted by Gasteiger charge is -2.27. The maximum atomic E-state index is 14.0. The molecule has 4 aromatic carbocycles. The molecule has 1 unspecified atom stereocenters. The molecule has 2 amide bonds. The molecule has 0 aliphatic carbocycles. The van der Waals surface area contributed by atoms with Crippen LogP contribution in [0.1, 0.15) is 22.3 Å². The highest BCUT2D eigenvalue weighted by Gasteiger charge is 2.47. The van der Waals surface area contributed by atoms with Crippen molar-refractivity contribution in [1.29, 1.82) is 0 Å². The Bertz CT molecular complexity index is 1640. The molecule has 38 heavy (non-hydrogen) atoms. The quantitative estimate of drug-likeness (QED) is 0.264. The van der Waals surface area contributed by atoms with Gasteiger partial charge in [0.15, 0.2) is 0 Å². The molecule has 0 saturated carbocycles. The number of imide groups is 1. The molecule has 9 heteroatoms. The van der Waals surface area contributed by atoms with Gasteiger partial charge in [-0.05, 0) is 52.7 Å². The summed E-state index contributed by atoms with van der Waals surface area (Å²) in [5.74, 6) is -1.73. The Balaban J connectivity index is 1.53. The van der Waals surface area contributed by atoms with Crippen LogP contribution in [0.15, 0.2) is 102 Å². The first kappa shape index (κ1) is 25.3. The molecular weight excluding hydrogens is 504 g/mol. The summed E-state index contributed by atoms with van der Waals surface area (Å²) >= 11 is 0. The molecule has 8 nitrogen and oxygen atoms in total. The van der Waals surface area contributed by atoms with E-state index >= 15 is 0 Å². The van der Waals surface area contributed by atoms with Crippen molar-refractivity contribution >= 4 is 44.3 Å². The highest BCUT2D eigenvalue weighted by molar-refractivity contribution is 7.89. The van der Waals surface area contributed by atoms with Crippen molar-refractivity contribution in [3.05, 3.63) is 108 Å². The fraction of sp³-hybridized carbons (Fsp3) is 0.138. The van der Waals surface area contributed by atoms with E-state index in [0.717, 1.165) is 20.0 Å². The number of nitrogens with zero attached hydrogens (tertiary/aromatic N) is 2. The number of hydrogen-bond donors (Lipinski definition) is 0. The Labute approximate surface area is 220 Å². The first-order valence-electron chi connectivity index (χ1n) is 11.9. The average molecular weight is 529 g/mol. The normalized spacial score (nSPS) is 15.8. The Morgan fingerprint density at radius 2 is 1.55 bits per heavy atom. The van der Waals surface area contributed by atoms with Crippen molar-refractivity contribution in [2.24, 2.45) is 0 Å². The maximum absolute atomic E-state index is 14.0. The minimum atomic E-state index is -4.19. The van der Waals surface area contributed by atoms with Gasteiger partial charge in [-0.2, -0.15) is 4.31 Å². The van der Waals surface area contributed by atoms with Gasteiger partial charge in [0.2, 0.25) is 15.9 Å². The minimum absolute atomic E-state index is 0.0354. The summed E-state index contributed by atoms with van der Waals surface area (Å²) in [5, 5.41) is 1.63. The molecule has 0 aromatic heterocycles. The van der Waals surface area contributed by atoms with E-state index in [0.29, 0.717) is 5.56 Å². The number of sulfonamides is 1. The first-order chi connectivity index (χ1) is 18.3. The molecule has 4 aromatic rings. The molecule has 1 fully saturated rings. The predicted octanol–water partition coefficient (Wildman–Crippen LogP) is 4.15. The molecule has 5 rings (SSSR count). The van der Waals surface area contributed by atoms with E-state index in [9.17, 15) is 22.8 Å². The Morgan fingerprint density at radius 3 is 2.24 bits per heavy atom. The maximum Gasteiger partial charge on any atom is 0.337 e. The number of rotatable bonds is 7. The van der Waals surface area contributed by atoms with E-state index in [2.05, 4.69) is 0 Å². The summed E-state index contributed by atoms with van der Waals surface area (Å²) in [5.41, 5.74) is 1.19. The van der Waals surface area contributed by atoms with Crippen LogP contribution in [-0.2, 0) is 30.9 Å². The second-order valence-electron chi connectivity index (χ2n) is 8.87. The Morgan fingerprint density at radius 1 is 0.895 bits per heavy atom. The lowest BCUT2D eigenvalue weighted by molar-refractivity contribution is -0.122. The van der Waals surface area contributed by atoms with Crippen molar-refractivity contribution in [3.63, 3.8) is 0 Å². The highest BCUT2D eigenvalue weighted by atomic mass is 32.2. The number of esters is 1. The van der Waals surface area contributed by atoms with Crippen molar-refractivity contribution in [2.75, 3.05) is 12.0 Å². The van der Waals surface area contributed by atoms with Gasteiger partial charge < -0.3 is 4.74 Å². The first-order valence-corrected chi connectivity index (χ1v) is 13.3. The summed E-state index contributed by atoms with van der Waals surface area (Å²) in [6.45, 7) is -0.0885. The number of ether oxygens (including phenoxy) is 1. The number of carbonyl (C=O) groups excluding carboxylic acids is 3. The van der Waals surface area contributed by atoms with Gasteiger partial charge in [-0.3, -0.25) is 9.59 Å². The smallest absolute Gasteiger partial charge is 0.337 e. The van der Waals surface area contributed by atoms with Crippen LogP contribution in [-0.4, -0.2) is 43.7 Å². The molecular formula is C29H24N2O6S. The van der Waals surface area contributed by atoms with Crippen LogP contribution in [0, 0.1) is 0 Å². The van der Waals surface area contributed by atoms with Crippen LogP contribution in [0.5, 0.6) is 0 Å². The van der Waals surface area contributed by atoms with Crippen molar-refractivity contribution in [2.45, 2.75) is 23.9 Å². The van der Waals surface area contributed by atoms with E-state index < -0.39 is 33.8 Å². The fourth-order valence-corrected chi connectivity index (χ4v) is 6.17. The third-order valence-electron chi connectivity index (χ3n) is 6.53. The van der Waals surface area contributed by atoms with Gasteiger partial charge in [0, 0.05) is 6.54 Å². The summed E-state index contributed by atoms with van der Waals surface area (Å²) in [6, 6.07) is 25.7. The highest BCUT2D eigenvalue weighted by Crippen LogP contribution is 2.32. The van der Waals surface area contributed by atoms with E-state index in [4.69, 9.17) is 4.74 Å². The zero-order valence-corrected chi connectivity index (χ0v) is 21.3. The molecule has 192 valence electrons. The van der Waals surface area contributed by atoms with Crippen molar-refractivity contribution < 1.29 is 27.5 Å². The monoisotopic (exact) mass is 528 g/mol. The van der Waals surface area contributed by atoms with Gasteiger partial charge in [-0.25, -0.2) is 18.1 Å². The molecule has 0 radical (unpaired) electrons. The summed E-state index contributed by atoms with van der Waals surface area (Å²) < 4.78 is 33.8. The molecule has 1 saturated heterocycles. The van der Waals surface area contributed by atoms with Crippen LogP contribution in [0.25, 0.3) is 10.8 Å². The molecule has 1 heterocycles. The number of fused-ring (bicyclic) bond motifs is 1. The summed E-state index contributed by atoms with van der Waals surface area (Å²) in [6.07, 6.45) is -0.308. The molecule has 0 N–H and O–H groups in total. The average Bonchev–Trinajstić information content (AvgIpc) is 3.24. The van der Waals surface area contributed by atoms with Crippen LogP contribution in [0.4, 0.5) is 5.69 Å². The molecule has 1 aliphatic heterocycles. The number of benzene rings is 4. The van der Waals surface area contributed by atoms with E-state index in [1.807, 2.05) is 30.3 Å². The number of hydrogen-bond acceptors (Lipinski definition) is 6. The van der Waals surface area contributed by atoms with E-state index in [1.54, 1.807) is 36.4 Å². The van der Waals surface area contributed by atoms with Gasteiger partial charge >= 0.3 is 5.97 Å². The summed E-state index contributed by atoms with van der Waals surface area (Å²) in [4.78, 5) is 39.5. The number of amides is 2. The lowest BCUT2D eigenvalue weighted by atomic mass is 10.1. The number of anilines is 1. The van der Waals surface area contributed by atoms with E-state index in [1.165, 1.54) is 37.4 Å². The van der Waals surface area contributed by atoms with E-state index in [-0.39, 0.29) is 29.1 Å². The minimum Gasteiger partial charge on any atom is -0.465 e. The Kier molecular flexibility index (Phi) is 6.79. The van der Waals surface area contributed by atoms with Crippen LogP contribution >= 0.6 is 0 Å². The van der Waals surface area contributed by atoms with Crippen molar-refractivity contribution in [3.8, 4) is 0 Å². The van der Waals surface area contributed by atoms with Crippen LogP contribution < -0.4 is 4.90 Å². The second kappa shape index (κ2) is 10.2. The second-order valence-corrected chi connectivity index (χ2v) is 10.8. The molecule has 1 atom stereocenters. The Hall–Kier alpha value is -4.34. The topological polar surface area (TPSA) is 101 Å². The SMILES string of the molecule is COC(=O)c1ccc(N2C(=O)CC(N(Cc3ccccc3)S(=O)(=O)c3ccc4ccccc4c3)C2=O)cc1. The number of carbonyl (C=O) groups is 3. The number of methoxy groups -OCH3 is 1. The largest absolute Gasteiger partial charge is 0.465 e. The van der Waals surface area contributed by atoms with Crippen LogP contribution in [0.2, 0.25) is 0 Å². The van der Waals surface area contributed by atoms with Gasteiger partial charge in [0.25, 0.3) is 5.91 Å². The standard InChI is InChI=1S/C29H24N2O6S/c1-37-29(34)22-11-14-24(15-12-22)31-27(32)18-26(28(31)33)30(19-20-7-3-2-4-8-20)38(35,36)25-16-13-21-9-5-6-10-23(21)17-25/h2-17,26H,18-19H2,1H3. The third kappa shape index (κ3) is 4.69. The van der Waals surface area contributed by atoms with Crippen LogP contribution in [0.3, 0.4) is 0 Å². The predicted molar refractivity (Wildman–Crippen MR) is 142 cm³/mol. The molecule has 0 bridgehead atoms. The lowest BCUT2D eigenvalue weighted by Crippen LogP contribution is -2.45. The van der Waals surface area contributed by atoms with Gasteiger partial charge in [0.05, 0.1) is 29.7 Å². The third-order valence-corrected chi connectivity index (χ3v) is 8.38. The zero-order chi connectivity index (χ0) is 26.9. The molecule has 1 aliphatic rings. The van der Waals surface area contributed by atoms with Crippen molar-refractivity contribution in [1.82, 2.24) is 4.31 Å². The van der Waals surface area contributed by atoms with Gasteiger partial charge in [-0.1, -0.05) is 60.7 Å².